The van der Waals surface area contributed by atoms with E-state index in [-0.39, 0.29) is 5.91 Å². The van der Waals surface area contributed by atoms with E-state index in [0.717, 1.165) is 25.2 Å². The fraction of sp³-hybridized carbons (Fsp3) is 0.417. The molecule has 0 saturated carbocycles. The van der Waals surface area contributed by atoms with Crippen molar-refractivity contribution in [2.75, 3.05) is 18.4 Å². The molecular weight excluding hydrogens is 224 g/mol. The van der Waals surface area contributed by atoms with E-state index in [1.54, 1.807) is 12.1 Å². The third-order valence-electron chi connectivity index (χ3n) is 2.74. The summed E-state index contributed by atoms with van der Waals surface area (Å²) in [5, 5.41) is 6.75. The minimum absolute atomic E-state index is 0.0657. The molecule has 16 heavy (non-hydrogen) atoms. The molecule has 1 unspecified atom stereocenters. The van der Waals surface area contributed by atoms with Crippen molar-refractivity contribution in [3.05, 3.63) is 29.3 Å². The van der Waals surface area contributed by atoms with Crippen LogP contribution in [0.2, 0.25) is 5.02 Å². The van der Waals surface area contributed by atoms with Gasteiger partial charge in [-0.15, -0.1) is 0 Å². The van der Waals surface area contributed by atoms with Gasteiger partial charge in [-0.05, 0) is 43.6 Å². The van der Waals surface area contributed by atoms with Gasteiger partial charge in [0, 0.05) is 17.1 Å². The molecular formula is C12H15ClN2O. The van der Waals surface area contributed by atoms with Crippen molar-refractivity contribution in [1.29, 1.82) is 0 Å². The summed E-state index contributed by atoms with van der Waals surface area (Å²) < 4.78 is 0. The van der Waals surface area contributed by atoms with Gasteiger partial charge in [0.05, 0.1) is 0 Å². The Balaban J connectivity index is 1.86. The Morgan fingerprint density at radius 1 is 1.56 bits per heavy atom. The number of amides is 1. The van der Waals surface area contributed by atoms with Crippen LogP contribution in [0.5, 0.6) is 0 Å². The van der Waals surface area contributed by atoms with Crippen molar-refractivity contribution in [3.63, 3.8) is 0 Å². The molecule has 4 heteroatoms. The van der Waals surface area contributed by atoms with Gasteiger partial charge >= 0.3 is 0 Å². The molecule has 1 fully saturated rings. The summed E-state index contributed by atoms with van der Waals surface area (Å²) in [7, 11) is 0. The lowest BCUT2D eigenvalue weighted by molar-refractivity contribution is -0.116. The number of carbonyl (C=O) groups excluding carboxylic acids is 1. The van der Waals surface area contributed by atoms with E-state index in [4.69, 9.17) is 11.6 Å². The molecule has 1 saturated heterocycles. The van der Waals surface area contributed by atoms with Gasteiger partial charge in [-0.2, -0.15) is 0 Å². The SMILES string of the molecule is O=C(CC1CCNC1)Nc1cccc(Cl)c1. The highest BCUT2D eigenvalue weighted by molar-refractivity contribution is 6.30. The summed E-state index contributed by atoms with van der Waals surface area (Å²) in [6, 6.07) is 7.22. The number of benzene rings is 1. The van der Waals surface area contributed by atoms with E-state index in [1.165, 1.54) is 0 Å². The minimum atomic E-state index is 0.0657. The van der Waals surface area contributed by atoms with E-state index in [1.807, 2.05) is 12.1 Å². The van der Waals surface area contributed by atoms with Crippen LogP contribution in [-0.2, 0) is 4.79 Å². The second-order valence-electron chi connectivity index (χ2n) is 4.12. The number of hydrogen-bond acceptors (Lipinski definition) is 2. The summed E-state index contributed by atoms with van der Waals surface area (Å²) in [5.74, 6) is 0.537. The van der Waals surface area contributed by atoms with E-state index < -0.39 is 0 Å². The maximum atomic E-state index is 11.7. The molecule has 1 aromatic rings. The van der Waals surface area contributed by atoms with Crippen LogP contribution in [0.3, 0.4) is 0 Å². The Hall–Kier alpha value is -1.06. The second-order valence-corrected chi connectivity index (χ2v) is 4.56. The van der Waals surface area contributed by atoms with Crippen LogP contribution in [0.4, 0.5) is 5.69 Å². The molecule has 2 rings (SSSR count). The van der Waals surface area contributed by atoms with Gasteiger partial charge in [0.25, 0.3) is 0 Å². The number of rotatable bonds is 3. The number of nitrogens with one attached hydrogen (secondary N) is 2. The molecule has 1 aliphatic rings. The Labute approximate surface area is 100 Å². The lowest BCUT2D eigenvalue weighted by atomic mass is 10.0. The lowest BCUT2D eigenvalue weighted by Crippen LogP contribution is -2.18. The van der Waals surface area contributed by atoms with Crippen molar-refractivity contribution in [2.24, 2.45) is 5.92 Å². The molecule has 1 aliphatic heterocycles. The number of hydrogen-bond donors (Lipinski definition) is 2. The van der Waals surface area contributed by atoms with E-state index in [9.17, 15) is 4.79 Å². The molecule has 86 valence electrons. The summed E-state index contributed by atoms with van der Waals surface area (Å²) in [6.45, 7) is 1.97. The van der Waals surface area contributed by atoms with Crippen LogP contribution in [0.1, 0.15) is 12.8 Å². The summed E-state index contributed by atoms with van der Waals surface area (Å²) in [4.78, 5) is 11.7. The molecule has 0 bridgehead atoms. The van der Waals surface area contributed by atoms with Gasteiger partial charge < -0.3 is 10.6 Å². The molecule has 1 atom stereocenters. The van der Waals surface area contributed by atoms with Crippen molar-refractivity contribution in [3.8, 4) is 0 Å². The first-order chi connectivity index (χ1) is 7.74. The highest BCUT2D eigenvalue weighted by atomic mass is 35.5. The van der Waals surface area contributed by atoms with Crippen molar-refractivity contribution in [1.82, 2.24) is 5.32 Å². The molecule has 0 radical (unpaired) electrons. The van der Waals surface area contributed by atoms with Crippen molar-refractivity contribution < 1.29 is 4.79 Å². The maximum Gasteiger partial charge on any atom is 0.224 e. The van der Waals surface area contributed by atoms with Crippen LogP contribution in [0, 0.1) is 5.92 Å². The summed E-state index contributed by atoms with van der Waals surface area (Å²) in [5.41, 5.74) is 0.767. The third kappa shape index (κ3) is 3.22. The zero-order valence-electron chi connectivity index (χ0n) is 9.00. The van der Waals surface area contributed by atoms with Gasteiger partial charge in [0.1, 0.15) is 0 Å². The highest BCUT2D eigenvalue weighted by Gasteiger charge is 2.17. The zero-order valence-corrected chi connectivity index (χ0v) is 9.76. The van der Waals surface area contributed by atoms with Crippen molar-refractivity contribution >= 4 is 23.2 Å². The van der Waals surface area contributed by atoms with E-state index in [0.29, 0.717) is 17.4 Å². The van der Waals surface area contributed by atoms with E-state index in [2.05, 4.69) is 10.6 Å². The number of anilines is 1. The second kappa shape index (κ2) is 5.32. The average molecular weight is 239 g/mol. The summed E-state index contributed by atoms with van der Waals surface area (Å²) in [6.07, 6.45) is 1.67. The Morgan fingerprint density at radius 2 is 2.44 bits per heavy atom. The first-order valence-electron chi connectivity index (χ1n) is 5.50. The van der Waals surface area contributed by atoms with Gasteiger partial charge in [0.15, 0.2) is 0 Å². The molecule has 0 aliphatic carbocycles. The number of carbonyl (C=O) groups is 1. The van der Waals surface area contributed by atoms with Crippen LogP contribution in [-0.4, -0.2) is 19.0 Å². The van der Waals surface area contributed by atoms with Crippen LogP contribution in [0.25, 0.3) is 0 Å². The van der Waals surface area contributed by atoms with Gasteiger partial charge in [-0.1, -0.05) is 17.7 Å². The van der Waals surface area contributed by atoms with Gasteiger partial charge in [-0.25, -0.2) is 0 Å². The van der Waals surface area contributed by atoms with Crippen molar-refractivity contribution in [2.45, 2.75) is 12.8 Å². The molecule has 1 aromatic carbocycles. The van der Waals surface area contributed by atoms with Crippen LogP contribution in [0.15, 0.2) is 24.3 Å². The Morgan fingerprint density at radius 3 is 3.12 bits per heavy atom. The van der Waals surface area contributed by atoms with Crippen LogP contribution < -0.4 is 10.6 Å². The minimum Gasteiger partial charge on any atom is -0.326 e. The first kappa shape index (κ1) is 11.4. The Bertz CT molecular complexity index is 375. The van der Waals surface area contributed by atoms with Crippen LogP contribution >= 0.6 is 11.6 Å². The predicted molar refractivity (Wildman–Crippen MR) is 65.7 cm³/mol. The highest BCUT2D eigenvalue weighted by Crippen LogP contribution is 2.17. The Kier molecular flexibility index (Phi) is 3.80. The molecule has 3 nitrogen and oxygen atoms in total. The molecule has 0 aromatic heterocycles. The molecule has 0 spiro atoms. The monoisotopic (exact) mass is 238 g/mol. The molecule has 1 heterocycles. The average Bonchev–Trinajstić information content (AvgIpc) is 2.70. The lowest BCUT2D eigenvalue weighted by Gasteiger charge is -2.09. The fourth-order valence-corrected chi connectivity index (χ4v) is 2.12. The predicted octanol–water partition coefficient (Wildman–Crippen LogP) is 2.28. The molecule has 1 amide bonds. The summed E-state index contributed by atoms with van der Waals surface area (Å²) >= 11 is 5.84. The quantitative estimate of drug-likeness (QED) is 0.848. The normalized spacial score (nSPS) is 19.7. The molecule has 2 N–H and O–H groups in total. The largest absolute Gasteiger partial charge is 0.326 e. The zero-order chi connectivity index (χ0) is 11.4. The number of halogens is 1. The maximum absolute atomic E-state index is 11.7. The van der Waals surface area contributed by atoms with Gasteiger partial charge in [0.2, 0.25) is 5.91 Å². The first-order valence-corrected chi connectivity index (χ1v) is 5.88. The van der Waals surface area contributed by atoms with Gasteiger partial charge in [-0.3, -0.25) is 4.79 Å². The standard InChI is InChI=1S/C12H15ClN2O/c13-10-2-1-3-11(7-10)15-12(16)6-9-4-5-14-8-9/h1-3,7,9,14H,4-6,8H2,(H,15,16). The van der Waals surface area contributed by atoms with E-state index >= 15 is 0 Å². The topological polar surface area (TPSA) is 41.1 Å². The third-order valence-corrected chi connectivity index (χ3v) is 2.98. The fourth-order valence-electron chi connectivity index (χ4n) is 1.93. The smallest absolute Gasteiger partial charge is 0.224 e.